The van der Waals surface area contributed by atoms with E-state index in [-0.39, 0.29) is 0 Å². The molecule has 0 fully saturated rings. The molecule has 3 aromatic rings. The Morgan fingerprint density at radius 1 is 1.04 bits per heavy atom. The molecule has 1 aromatic heterocycles. The highest BCUT2D eigenvalue weighted by atomic mass is 127. The lowest BCUT2D eigenvalue weighted by Crippen LogP contribution is -3.85. The van der Waals surface area contributed by atoms with Crippen molar-refractivity contribution in [2.45, 2.75) is 6.18 Å². The van der Waals surface area contributed by atoms with Crippen LogP contribution < -0.4 is 25.0 Å². The molecular weight excluding hydrogens is 462 g/mol. The van der Waals surface area contributed by atoms with Gasteiger partial charge in [-0.15, -0.1) is 0 Å². The van der Waals surface area contributed by atoms with Crippen molar-refractivity contribution >= 4 is 16.9 Å². The van der Waals surface area contributed by atoms with Crippen LogP contribution >= 0.6 is 0 Å². The second-order valence-corrected chi connectivity index (χ2v) is 9.47. The summed E-state index contributed by atoms with van der Waals surface area (Å²) in [6, 6.07) is 15.4. The van der Waals surface area contributed by atoms with Gasteiger partial charge in [0.15, 0.2) is 3.57 Å². The van der Waals surface area contributed by atoms with E-state index in [1.54, 1.807) is 48.5 Å². The number of para-hydroxylation sites is 1. The fraction of sp³-hybridized carbons (Fsp3) is 0.111. The highest BCUT2D eigenvalue weighted by molar-refractivity contribution is 5.77. The van der Waals surface area contributed by atoms with Gasteiger partial charge in [0, 0.05) is 11.5 Å². The maximum absolute atomic E-state index is 12.7. The minimum absolute atomic E-state index is 0.496. The van der Waals surface area contributed by atoms with E-state index in [1.165, 1.54) is 13.3 Å². The average Bonchev–Trinajstić information content (AvgIpc) is 2.65. The first kappa shape index (κ1) is 18.4. The van der Waals surface area contributed by atoms with Crippen LogP contribution in [0, 0.1) is 7.14 Å². The molecular formula is C18H13F3INO3+. The number of nitrogens with zero attached hydrogens (tertiary/aromatic N) is 1. The van der Waals surface area contributed by atoms with Crippen LogP contribution in [-0.2, 0) is 7.86 Å². The lowest BCUT2D eigenvalue weighted by molar-refractivity contribution is -1.04. The number of fused-ring (bicyclic) bond motifs is 1. The van der Waals surface area contributed by atoms with E-state index in [4.69, 9.17) is 7.80 Å². The standard InChI is InChI=1S/C18H13F3INO3/c1-25-15-8-6-13(7-9-15)22(26-17(24)18(19,20)21)14-10-12-4-2-3-5-16(12)23-11-14/h2-11H,1H3/q+1. The Bertz CT molecular complexity index is 929. The highest BCUT2D eigenvalue weighted by Crippen LogP contribution is 2.15. The lowest BCUT2D eigenvalue weighted by Gasteiger charge is -2.08. The first-order valence-electron chi connectivity index (χ1n) is 7.37. The largest absolute Gasteiger partial charge is 0.497 e. The van der Waals surface area contributed by atoms with Gasteiger partial charge in [0.05, 0.1) is 18.8 Å². The van der Waals surface area contributed by atoms with Crippen molar-refractivity contribution < 1.29 is 46.0 Å². The summed E-state index contributed by atoms with van der Waals surface area (Å²) in [5.41, 5.74) is 0.712. The zero-order valence-electron chi connectivity index (χ0n) is 13.5. The van der Waals surface area contributed by atoms with Crippen LogP contribution in [0.25, 0.3) is 10.9 Å². The maximum atomic E-state index is 12.7. The van der Waals surface area contributed by atoms with E-state index >= 15 is 0 Å². The minimum atomic E-state index is -5.05. The molecule has 0 unspecified atom stereocenters. The van der Waals surface area contributed by atoms with E-state index in [9.17, 15) is 18.0 Å². The van der Waals surface area contributed by atoms with Crippen molar-refractivity contribution in [2.24, 2.45) is 0 Å². The molecule has 0 aliphatic heterocycles. The number of hydrogen-bond acceptors (Lipinski definition) is 4. The summed E-state index contributed by atoms with van der Waals surface area (Å²) in [4.78, 5) is 15.7. The molecule has 0 amide bonds. The summed E-state index contributed by atoms with van der Waals surface area (Å²) in [5, 5.41) is 0.767. The number of rotatable bonds is 4. The number of halogens is 4. The van der Waals surface area contributed by atoms with Gasteiger partial charge in [-0.2, -0.15) is 13.2 Å². The molecule has 4 nitrogen and oxygen atoms in total. The van der Waals surface area contributed by atoms with Gasteiger partial charge >= 0.3 is 32.4 Å². The smallest absolute Gasteiger partial charge is 0.496 e. The molecule has 0 saturated carbocycles. The van der Waals surface area contributed by atoms with Crippen molar-refractivity contribution in [1.82, 2.24) is 4.98 Å². The Morgan fingerprint density at radius 3 is 2.38 bits per heavy atom. The lowest BCUT2D eigenvalue weighted by atomic mass is 10.2. The van der Waals surface area contributed by atoms with Crippen LogP contribution in [0.4, 0.5) is 13.2 Å². The van der Waals surface area contributed by atoms with E-state index in [1.807, 2.05) is 6.07 Å². The molecule has 0 aliphatic carbocycles. The van der Waals surface area contributed by atoms with E-state index in [2.05, 4.69) is 4.98 Å². The Morgan fingerprint density at radius 2 is 1.73 bits per heavy atom. The Hall–Kier alpha value is -2.36. The molecule has 0 N–H and O–H groups in total. The van der Waals surface area contributed by atoms with Gasteiger partial charge in [0.25, 0.3) is 0 Å². The Labute approximate surface area is 154 Å². The molecule has 0 saturated heterocycles. The fourth-order valence-electron chi connectivity index (χ4n) is 2.15. The van der Waals surface area contributed by atoms with Crippen LogP contribution in [0.3, 0.4) is 0 Å². The third-order valence-corrected chi connectivity index (χ3v) is 7.79. The van der Waals surface area contributed by atoms with E-state index in [0.29, 0.717) is 18.4 Å². The van der Waals surface area contributed by atoms with Crippen LogP contribution in [0.15, 0.2) is 60.8 Å². The maximum Gasteiger partial charge on any atom is 0.496 e. The number of hydrogen-bond donors (Lipinski definition) is 0. The quantitative estimate of drug-likeness (QED) is 0.528. The van der Waals surface area contributed by atoms with Crippen molar-refractivity contribution in [3.8, 4) is 5.75 Å². The summed E-state index contributed by atoms with van der Waals surface area (Å²) in [6.07, 6.45) is -3.58. The third kappa shape index (κ3) is 4.06. The van der Waals surface area contributed by atoms with Gasteiger partial charge in [-0.1, -0.05) is 18.2 Å². The normalized spacial score (nSPS) is 11.6. The second kappa shape index (κ2) is 7.48. The zero-order valence-corrected chi connectivity index (χ0v) is 15.6. The van der Waals surface area contributed by atoms with Crippen LogP contribution in [0.5, 0.6) is 5.75 Å². The van der Waals surface area contributed by atoms with Crippen molar-refractivity contribution in [3.05, 3.63) is 67.9 Å². The predicted octanol–water partition coefficient (Wildman–Crippen LogP) is 0.928. The molecule has 0 spiro atoms. The van der Waals surface area contributed by atoms with Crippen molar-refractivity contribution in [2.75, 3.05) is 7.11 Å². The Kier molecular flexibility index (Phi) is 5.30. The first-order chi connectivity index (χ1) is 12.4. The fourth-order valence-corrected chi connectivity index (χ4v) is 6.05. The van der Waals surface area contributed by atoms with Gasteiger partial charge in [-0.25, -0.2) is 7.86 Å². The van der Waals surface area contributed by atoms with E-state index in [0.717, 1.165) is 5.39 Å². The van der Waals surface area contributed by atoms with E-state index < -0.39 is 32.4 Å². The third-order valence-electron chi connectivity index (χ3n) is 3.38. The molecule has 26 heavy (non-hydrogen) atoms. The minimum Gasteiger partial charge on any atom is -0.497 e. The molecule has 0 aliphatic rings. The van der Waals surface area contributed by atoms with Crippen LogP contribution in [0.2, 0.25) is 0 Å². The van der Waals surface area contributed by atoms with Gasteiger partial charge in [-0.3, -0.25) is 4.98 Å². The van der Waals surface area contributed by atoms with Crippen molar-refractivity contribution in [3.63, 3.8) is 0 Å². The molecule has 135 valence electrons. The number of benzene rings is 2. The summed E-state index contributed by atoms with van der Waals surface area (Å²) in [7, 11) is 1.49. The Balaban J connectivity index is 2.04. The molecule has 0 bridgehead atoms. The summed E-state index contributed by atoms with van der Waals surface area (Å²) >= 11 is -3.15. The summed E-state index contributed by atoms with van der Waals surface area (Å²) in [6.45, 7) is 0. The number of carbonyl (C=O) groups excluding carboxylic acids is 1. The number of ether oxygens (including phenoxy) is 1. The van der Waals surface area contributed by atoms with Crippen molar-refractivity contribution in [1.29, 1.82) is 0 Å². The molecule has 2 aromatic carbocycles. The average molecular weight is 475 g/mol. The SMILES string of the molecule is COc1ccc([I+](OC(=O)C(F)(F)F)c2cnc3ccccc3c2)cc1. The zero-order chi connectivity index (χ0) is 18.7. The predicted molar refractivity (Wildman–Crippen MR) is 84.3 cm³/mol. The number of methoxy groups -OCH3 is 1. The van der Waals surface area contributed by atoms with Crippen LogP contribution in [0.1, 0.15) is 0 Å². The first-order valence-corrected chi connectivity index (χ1v) is 10.4. The molecule has 1 radical (unpaired) electrons. The molecule has 0 atom stereocenters. The number of alkyl halides is 3. The summed E-state index contributed by atoms with van der Waals surface area (Å²) < 4.78 is 49.2. The van der Waals surface area contributed by atoms with Gasteiger partial charge < -0.3 is 4.74 Å². The monoisotopic (exact) mass is 475 g/mol. The van der Waals surface area contributed by atoms with Crippen LogP contribution in [-0.4, -0.2) is 24.2 Å². The summed E-state index contributed by atoms with van der Waals surface area (Å²) in [5.74, 6) is -1.63. The second-order valence-electron chi connectivity index (χ2n) is 5.12. The number of pyridine rings is 1. The topological polar surface area (TPSA) is 48.4 Å². The number of carbonyl (C=O) groups is 1. The number of aromatic nitrogens is 1. The molecule has 3 rings (SSSR count). The van der Waals surface area contributed by atoms with Gasteiger partial charge in [-0.05, 0) is 30.3 Å². The van der Waals surface area contributed by atoms with Gasteiger partial charge in [0.2, 0.25) is 3.57 Å². The highest BCUT2D eigenvalue weighted by Gasteiger charge is 2.48. The molecule has 1 heterocycles. The molecule has 8 heteroatoms. The van der Waals surface area contributed by atoms with Gasteiger partial charge in [0.1, 0.15) is 5.75 Å².